The summed E-state index contributed by atoms with van der Waals surface area (Å²) in [6.45, 7) is 1.08. The molecule has 6 nitrogen and oxygen atoms in total. The number of sulfonamides is 1. The molecule has 1 unspecified atom stereocenters. The van der Waals surface area contributed by atoms with E-state index in [4.69, 9.17) is 11.6 Å². The summed E-state index contributed by atoms with van der Waals surface area (Å²) in [5.41, 5.74) is 0. The van der Waals surface area contributed by atoms with Crippen LogP contribution < -0.4 is 10.6 Å². The summed E-state index contributed by atoms with van der Waals surface area (Å²) in [6.07, 6.45) is 0. The van der Waals surface area contributed by atoms with E-state index >= 15 is 0 Å². The summed E-state index contributed by atoms with van der Waals surface area (Å²) in [7, 11) is -2.19. The number of nitrogens with one attached hydrogen (secondary N) is 2. The Hall–Kier alpha value is -0.670. The maximum absolute atomic E-state index is 12.5. The Labute approximate surface area is 120 Å². The second-order valence-electron chi connectivity index (χ2n) is 4.01. The number of rotatable bonds is 3. The van der Waals surface area contributed by atoms with Crippen molar-refractivity contribution in [2.75, 3.05) is 26.7 Å². The van der Waals surface area contributed by atoms with Crippen LogP contribution in [0.15, 0.2) is 16.3 Å². The molecule has 1 atom stereocenters. The lowest BCUT2D eigenvalue weighted by Crippen LogP contribution is -2.58. The molecule has 19 heavy (non-hydrogen) atoms. The Morgan fingerprint density at radius 3 is 2.89 bits per heavy atom. The van der Waals surface area contributed by atoms with Gasteiger partial charge in [-0.2, -0.15) is 4.31 Å². The van der Waals surface area contributed by atoms with E-state index in [0.717, 1.165) is 11.3 Å². The maximum Gasteiger partial charge on any atom is 0.253 e. The van der Waals surface area contributed by atoms with E-state index in [-0.39, 0.29) is 16.7 Å². The molecule has 0 saturated carbocycles. The lowest BCUT2D eigenvalue weighted by atomic mass is 10.2. The van der Waals surface area contributed by atoms with E-state index in [2.05, 4.69) is 10.6 Å². The number of nitrogens with zero attached hydrogens (tertiary/aromatic N) is 1. The average molecular weight is 324 g/mol. The first-order chi connectivity index (χ1) is 8.96. The van der Waals surface area contributed by atoms with Crippen LogP contribution >= 0.6 is 22.9 Å². The van der Waals surface area contributed by atoms with E-state index in [1.54, 1.807) is 0 Å². The predicted octanol–water partition coefficient (Wildman–Crippen LogP) is 0.110. The largest absolute Gasteiger partial charge is 0.358 e. The van der Waals surface area contributed by atoms with Gasteiger partial charge in [0.1, 0.15) is 10.3 Å². The van der Waals surface area contributed by atoms with Gasteiger partial charge < -0.3 is 10.6 Å². The first-order valence-electron chi connectivity index (χ1n) is 5.66. The van der Waals surface area contributed by atoms with Crippen LogP contribution in [0.3, 0.4) is 0 Å². The minimum atomic E-state index is -3.68. The topological polar surface area (TPSA) is 78.5 Å². The number of carbonyl (C=O) groups excluding carboxylic acids is 1. The van der Waals surface area contributed by atoms with Gasteiger partial charge in [0.15, 0.2) is 0 Å². The molecule has 1 aromatic rings. The number of thiophene rings is 1. The first-order valence-corrected chi connectivity index (χ1v) is 8.30. The van der Waals surface area contributed by atoms with Crippen LogP contribution in [0.4, 0.5) is 0 Å². The highest BCUT2D eigenvalue weighted by atomic mass is 35.5. The van der Waals surface area contributed by atoms with E-state index < -0.39 is 16.1 Å². The third-order valence-corrected chi connectivity index (χ3v) is 6.46. The molecule has 1 fully saturated rings. The zero-order valence-corrected chi connectivity index (χ0v) is 12.6. The zero-order chi connectivity index (χ0) is 14.0. The Morgan fingerprint density at radius 1 is 1.58 bits per heavy atom. The SMILES string of the molecule is CNC(=O)C1CNCCN1S(=O)(=O)c1ccc(Cl)s1. The standard InChI is InChI=1S/C10H14ClN3O3S2/c1-12-10(15)7-6-13-4-5-14(7)19(16,17)9-3-2-8(11)18-9/h2-3,7,13H,4-6H2,1H3,(H,12,15). The molecule has 2 heterocycles. The first kappa shape index (κ1) is 14.7. The van der Waals surface area contributed by atoms with Crippen molar-refractivity contribution in [2.24, 2.45) is 0 Å². The fourth-order valence-electron chi connectivity index (χ4n) is 1.92. The van der Waals surface area contributed by atoms with E-state index in [1.807, 2.05) is 0 Å². The van der Waals surface area contributed by atoms with Gasteiger partial charge in [-0.3, -0.25) is 4.79 Å². The van der Waals surface area contributed by atoms with Crippen molar-refractivity contribution in [1.29, 1.82) is 0 Å². The van der Waals surface area contributed by atoms with Gasteiger partial charge in [0, 0.05) is 26.7 Å². The summed E-state index contributed by atoms with van der Waals surface area (Å²) >= 11 is 6.77. The van der Waals surface area contributed by atoms with Crippen LogP contribution in [0.1, 0.15) is 0 Å². The van der Waals surface area contributed by atoms with Crippen LogP contribution in [0, 0.1) is 0 Å². The molecule has 1 saturated heterocycles. The summed E-state index contributed by atoms with van der Waals surface area (Å²) < 4.78 is 26.8. The third-order valence-electron chi connectivity index (χ3n) is 2.85. The molecule has 2 N–H and O–H groups in total. The number of piperazine rings is 1. The molecule has 1 amide bonds. The van der Waals surface area contributed by atoms with Crippen molar-refractivity contribution >= 4 is 38.9 Å². The van der Waals surface area contributed by atoms with Gasteiger partial charge in [0.05, 0.1) is 4.34 Å². The summed E-state index contributed by atoms with van der Waals surface area (Å²) in [5.74, 6) is -0.321. The number of carbonyl (C=O) groups is 1. The summed E-state index contributed by atoms with van der Waals surface area (Å²) in [4.78, 5) is 11.8. The third kappa shape index (κ3) is 2.92. The second-order valence-corrected chi connectivity index (χ2v) is 7.84. The average Bonchev–Trinajstić information content (AvgIpc) is 2.85. The number of hydrogen-bond donors (Lipinski definition) is 2. The molecule has 1 aliphatic rings. The van der Waals surface area contributed by atoms with Gasteiger partial charge in [0.25, 0.3) is 10.0 Å². The fraction of sp³-hybridized carbons (Fsp3) is 0.500. The fourth-order valence-corrected chi connectivity index (χ4v) is 5.12. The smallest absolute Gasteiger partial charge is 0.253 e. The molecule has 1 aliphatic heterocycles. The lowest BCUT2D eigenvalue weighted by molar-refractivity contribution is -0.124. The highest BCUT2D eigenvalue weighted by Gasteiger charge is 2.37. The van der Waals surface area contributed by atoms with Gasteiger partial charge in [-0.1, -0.05) is 11.6 Å². The minimum absolute atomic E-state index is 0.160. The number of amides is 1. The molecule has 2 rings (SSSR count). The second kappa shape index (κ2) is 5.76. The van der Waals surface area contributed by atoms with Crippen LogP contribution in [-0.2, 0) is 14.8 Å². The van der Waals surface area contributed by atoms with Crippen LogP contribution in [0.25, 0.3) is 0 Å². The van der Waals surface area contributed by atoms with Crippen LogP contribution in [-0.4, -0.2) is 51.4 Å². The zero-order valence-electron chi connectivity index (χ0n) is 10.2. The molecule has 1 aromatic heterocycles. The van der Waals surface area contributed by atoms with E-state index in [0.29, 0.717) is 17.4 Å². The van der Waals surface area contributed by atoms with Crippen molar-refractivity contribution in [3.05, 3.63) is 16.5 Å². The van der Waals surface area contributed by atoms with Gasteiger partial charge in [-0.05, 0) is 12.1 Å². The maximum atomic E-state index is 12.5. The number of halogens is 1. The van der Waals surface area contributed by atoms with Crippen molar-refractivity contribution < 1.29 is 13.2 Å². The van der Waals surface area contributed by atoms with Gasteiger partial charge >= 0.3 is 0 Å². The molecular weight excluding hydrogens is 310 g/mol. The normalized spacial score (nSPS) is 21.3. The molecule has 106 valence electrons. The molecular formula is C10H14ClN3O3S2. The Kier molecular flexibility index (Phi) is 4.46. The summed E-state index contributed by atoms with van der Waals surface area (Å²) in [6, 6.07) is 2.27. The molecule has 0 spiro atoms. The van der Waals surface area contributed by atoms with Crippen molar-refractivity contribution in [2.45, 2.75) is 10.3 Å². The molecule has 0 bridgehead atoms. The predicted molar refractivity (Wildman–Crippen MR) is 73.9 cm³/mol. The van der Waals surface area contributed by atoms with Gasteiger partial charge in [0.2, 0.25) is 5.91 Å². The van der Waals surface area contributed by atoms with E-state index in [9.17, 15) is 13.2 Å². The molecule has 0 aromatic carbocycles. The monoisotopic (exact) mass is 323 g/mol. The highest BCUT2D eigenvalue weighted by molar-refractivity contribution is 7.91. The molecule has 0 aliphatic carbocycles. The number of likely N-dealkylation sites (N-methyl/N-ethyl adjacent to an activating group) is 1. The lowest BCUT2D eigenvalue weighted by Gasteiger charge is -2.33. The van der Waals surface area contributed by atoms with Crippen LogP contribution in [0.2, 0.25) is 4.34 Å². The quantitative estimate of drug-likeness (QED) is 0.827. The Bertz CT molecular complexity index is 572. The van der Waals surface area contributed by atoms with Crippen molar-refractivity contribution in [3.63, 3.8) is 0 Å². The van der Waals surface area contributed by atoms with Crippen LogP contribution in [0.5, 0.6) is 0 Å². The van der Waals surface area contributed by atoms with Gasteiger partial charge in [-0.25, -0.2) is 8.42 Å². The molecule has 9 heteroatoms. The van der Waals surface area contributed by atoms with E-state index in [1.165, 1.54) is 23.5 Å². The van der Waals surface area contributed by atoms with Gasteiger partial charge in [-0.15, -0.1) is 11.3 Å². The van der Waals surface area contributed by atoms with Crippen molar-refractivity contribution in [1.82, 2.24) is 14.9 Å². The minimum Gasteiger partial charge on any atom is -0.358 e. The highest BCUT2D eigenvalue weighted by Crippen LogP contribution is 2.29. The van der Waals surface area contributed by atoms with Crippen molar-refractivity contribution in [3.8, 4) is 0 Å². The summed E-state index contributed by atoms with van der Waals surface area (Å²) in [5, 5.41) is 5.50. The molecule has 0 radical (unpaired) electrons. The number of hydrogen-bond acceptors (Lipinski definition) is 5. The Morgan fingerprint density at radius 2 is 2.32 bits per heavy atom. The Balaban J connectivity index is 2.34.